The van der Waals surface area contributed by atoms with Crippen molar-refractivity contribution in [3.8, 4) is 5.75 Å². The number of carbonyl (C=O) groups is 6. The number of esters is 2. The number of aliphatic imine (C=N–C) groups is 1. The number of unbranched alkanes of at least 4 members (excludes halogenated alkanes) is 2. The van der Waals surface area contributed by atoms with Crippen molar-refractivity contribution in [2.75, 3.05) is 26.8 Å². The Balaban J connectivity index is 1.58. The van der Waals surface area contributed by atoms with E-state index in [-0.39, 0.29) is 69.4 Å². The molecule has 5 N–H and O–H groups in total. The molecule has 3 rings (SSSR count). The summed E-state index contributed by atoms with van der Waals surface area (Å²) in [5, 5.41) is 36.5. The predicted octanol–water partition coefficient (Wildman–Crippen LogP) is 1.35. The average molecular weight is 706 g/mol. The lowest BCUT2D eigenvalue weighted by molar-refractivity contribution is -0.167. The first kappa shape index (κ1) is 39.7. The number of carbonyl (C=O) groups excluding carboxylic acids is 6. The van der Waals surface area contributed by atoms with Gasteiger partial charge in [-0.05, 0) is 64.0 Å². The number of nitrogens with zero attached hydrogens (tertiary/aromatic N) is 3. The number of methoxy groups -OCH3 is 1. The number of ether oxygens (including phenoxy) is 3. The molecule has 50 heavy (non-hydrogen) atoms. The summed E-state index contributed by atoms with van der Waals surface area (Å²) in [6, 6.07) is 3.07. The van der Waals surface area contributed by atoms with E-state index < -0.39 is 53.8 Å². The van der Waals surface area contributed by atoms with E-state index in [9.17, 15) is 44.3 Å². The highest BCUT2D eigenvalue weighted by atomic mass is 16.5. The average Bonchev–Trinajstić information content (AvgIpc) is 3.52. The Morgan fingerprint density at radius 3 is 2.58 bits per heavy atom. The van der Waals surface area contributed by atoms with Gasteiger partial charge in [0.25, 0.3) is 5.91 Å². The number of hydrogen-bond acceptors (Lipinski definition) is 13. The summed E-state index contributed by atoms with van der Waals surface area (Å²) in [5.41, 5.74) is 0.291. The van der Waals surface area contributed by atoms with Gasteiger partial charge >= 0.3 is 11.9 Å². The Morgan fingerprint density at radius 2 is 1.84 bits per heavy atom. The van der Waals surface area contributed by atoms with Crippen LogP contribution in [0.1, 0.15) is 83.1 Å². The van der Waals surface area contributed by atoms with Crippen molar-refractivity contribution >= 4 is 41.5 Å². The Hall–Kier alpha value is -4.77. The fourth-order valence-corrected chi connectivity index (χ4v) is 5.34. The van der Waals surface area contributed by atoms with Crippen LogP contribution >= 0.6 is 0 Å². The van der Waals surface area contributed by atoms with Crippen LogP contribution < -0.4 is 10.6 Å². The number of para-hydroxylation sites is 1. The largest absolute Gasteiger partial charge is 0.507 e. The molecule has 17 heteroatoms. The highest BCUT2D eigenvalue weighted by molar-refractivity contribution is 6.00. The third kappa shape index (κ3) is 12.6. The van der Waals surface area contributed by atoms with Crippen LogP contribution in [0, 0.1) is 0 Å². The van der Waals surface area contributed by atoms with Gasteiger partial charge in [-0.15, -0.1) is 0 Å². The molecule has 2 aliphatic heterocycles. The van der Waals surface area contributed by atoms with E-state index in [1.807, 2.05) is 0 Å². The molecule has 2 aliphatic rings. The molecule has 276 valence electrons. The van der Waals surface area contributed by atoms with E-state index in [1.165, 1.54) is 20.1 Å². The first-order valence-electron chi connectivity index (χ1n) is 16.7. The lowest BCUT2D eigenvalue weighted by Crippen LogP contribution is -2.48. The van der Waals surface area contributed by atoms with Crippen molar-refractivity contribution in [2.45, 2.75) is 102 Å². The smallest absolute Gasteiger partial charge is 0.328 e. The zero-order chi connectivity index (χ0) is 36.6. The van der Waals surface area contributed by atoms with Crippen LogP contribution in [0.15, 0.2) is 29.3 Å². The molecular formula is C33H47N5O12. The molecule has 17 nitrogen and oxygen atoms in total. The number of aromatic hydroxyl groups is 1. The third-order valence-electron chi connectivity index (χ3n) is 8.13. The minimum absolute atomic E-state index is 0.0429. The molecule has 1 saturated heterocycles. The molecule has 0 aliphatic carbocycles. The molecule has 0 aromatic heterocycles. The van der Waals surface area contributed by atoms with E-state index in [0.29, 0.717) is 54.2 Å². The van der Waals surface area contributed by atoms with Crippen molar-refractivity contribution in [1.82, 2.24) is 20.8 Å². The minimum Gasteiger partial charge on any atom is -0.507 e. The fraction of sp³-hybridized carbons (Fsp3) is 0.606. The van der Waals surface area contributed by atoms with Crippen LogP contribution in [0.3, 0.4) is 0 Å². The van der Waals surface area contributed by atoms with Gasteiger partial charge < -0.3 is 30.0 Å². The van der Waals surface area contributed by atoms with Gasteiger partial charge in [0.05, 0.1) is 19.1 Å². The molecule has 0 spiro atoms. The number of hydrogen-bond donors (Lipinski definition) is 5. The Bertz CT molecular complexity index is 1390. The number of hydroxylamine groups is 4. The Labute approximate surface area is 289 Å². The molecule has 1 aromatic carbocycles. The van der Waals surface area contributed by atoms with Gasteiger partial charge in [0.15, 0.2) is 6.04 Å². The summed E-state index contributed by atoms with van der Waals surface area (Å²) in [5.74, 6) is -3.67. The van der Waals surface area contributed by atoms with E-state index in [2.05, 4.69) is 20.4 Å². The summed E-state index contributed by atoms with van der Waals surface area (Å²) in [7, 11) is 1.30. The lowest BCUT2D eigenvalue weighted by Gasteiger charge is -2.23. The second kappa shape index (κ2) is 20.0. The summed E-state index contributed by atoms with van der Waals surface area (Å²) in [6.45, 7) is 1.33. The summed E-state index contributed by atoms with van der Waals surface area (Å²) >= 11 is 0. The molecule has 4 atom stereocenters. The number of nitrogens with one attached hydrogen (secondary N) is 2. The summed E-state index contributed by atoms with van der Waals surface area (Å²) < 4.78 is 15.6. The van der Waals surface area contributed by atoms with Gasteiger partial charge in [-0.25, -0.2) is 19.9 Å². The standard InChI is InChI=1S/C33H47N5O12/c1-21(19-27(40)34-23-12-8-9-17-38(47)32(23)44)50-33(45)24(13-10-18-37(46)28(41)15-4-3-5-16-29(42)48-2)35-30(43)25-20-49-31(36-25)22-11-6-7-14-26(22)39/h6-7,11,14,21,23-25,39,46-47H,3-5,8-10,12-13,15-20H2,1-2H3,(H,34,40)(H,35,43)/t21-,23+,24+,25+/m1/s1. The van der Waals surface area contributed by atoms with Crippen LogP contribution in [0.2, 0.25) is 0 Å². The normalized spacial score (nSPS) is 18.5. The molecule has 0 bridgehead atoms. The summed E-state index contributed by atoms with van der Waals surface area (Å²) in [4.78, 5) is 79.3. The minimum atomic E-state index is -1.26. The quantitative estimate of drug-likeness (QED) is 0.0630. The van der Waals surface area contributed by atoms with Gasteiger partial charge in [0, 0.05) is 25.9 Å². The zero-order valence-corrected chi connectivity index (χ0v) is 28.4. The van der Waals surface area contributed by atoms with Gasteiger partial charge in [-0.1, -0.05) is 18.6 Å². The number of rotatable bonds is 18. The van der Waals surface area contributed by atoms with Crippen molar-refractivity contribution in [1.29, 1.82) is 0 Å². The van der Waals surface area contributed by atoms with Crippen LogP contribution in [0.4, 0.5) is 0 Å². The van der Waals surface area contributed by atoms with Crippen molar-refractivity contribution in [3.63, 3.8) is 0 Å². The van der Waals surface area contributed by atoms with Gasteiger partial charge in [0.2, 0.25) is 23.6 Å². The number of phenols is 1. The summed E-state index contributed by atoms with van der Waals surface area (Å²) in [6.07, 6.45) is 2.16. The number of phenolic OH excluding ortho intramolecular Hbond substituents is 1. The lowest BCUT2D eigenvalue weighted by atomic mass is 10.1. The van der Waals surface area contributed by atoms with Gasteiger partial charge in [-0.3, -0.25) is 34.4 Å². The van der Waals surface area contributed by atoms with Crippen molar-refractivity contribution in [3.05, 3.63) is 29.8 Å². The predicted molar refractivity (Wildman–Crippen MR) is 174 cm³/mol. The number of amides is 4. The maximum atomic E-state index is 13.3. The van der Waals surface area contributed by atoms with E-state index >= 15 is 0 Å². The molecule has 1 fully saturated rings. The number of benzene rings is 1. The first-order valence-corrected chi connectivity index (χ1v) is 16.7. The highest BCUT2D eigenvalue weighted by Crippen LogP contribution is 2.21. The van der Waals surface area contributed by atoms with Crippen LogP contribution in [0.25, 0.3) is 0 Å². The molecule has 1 aromatic rings. The molecular weight excluding hydrogens is 658 g/mol. The Morgan fingerprint density at radius 1 is 1.10 bits per heavy atom. The maximum Gasteiger partial charge on any atom is 0.328 e. The maximum absolute atomic E-state index is 13.3. The van der Waals surface area contributed by atoms with Crippen LogP contribution in [-0.4, -0.2) is 118 Å². The van der Waals surface area contributed by atoms with Crippen LogP contribution in [0.5, 0.6) is 5.75 Å². The van der Waals surface area contributed by atoms with Gasteiger partial charge in [-0.2, -0.15) is 0 Å². The highest BCUT2D eigenvalue weighted by Gasteiger charge is 2.33. The molecule has 0 unspecified atom stereocenters. The second-order valence-electron chi connectivity index (χ2n) is 12.2. The molecule has 0 radical (unpaired) electrons. The molecule has 0 saturated carbocycles. The Kier molecular flexibility index (Phi) is 15.9. The molecule has 2 heterocycles. The van der Waals surface area contributed by atoms with Crippen LogP contribution in [-0.2, 0) is 43.0 Å². The zero-order valence-electron chi connectivity index (χ0n) is 28.4. The van der Waals surface area contributed by atoms with Crippen molar-refractivity contribution in [2.24, 2.45) is 4.99 Å². The van der Waals surface area contributed by atoms with Crippen molar-refractivity contribution < 1.29 is 58.5 Å². The molecule has 4 amide bonds. The topological polar surface area (TPSA) is 234 Å². The monoisotopic (exact) mass is 705 g/mol. The van der Waals surface area contributed by atoms with E-state index in [1.54, 1.807) is 18.2 Å². The second-order valence-corrected chi connectivity index (χ2v) is 12.2. The first-order chi connectivity index (χ1) is 23.9. The van der Waals surface area contributed by atoms with Gasteiger partial charge in [0.1, 0.15) is 30.5 Å². The fourth-order valence-electron chi connectivity index (χ4n) is 5.34. The third-order valence-corrected chi connectivity index (χ3v) is 8.13. The van der Waals surface area contributed by atoms with E-state index in [4.69, 9.17) is 9.47 Å². The van der Waals surface area contributed by atoms with E-state index in [0.717, 1.165) is 0 Å². The SMILES string of the molecule is COC(=O)CCCCCC(=O)N(O)CCC[C@H](NC(=O)[C@@H]1COC(c2ccccc2O)=N1)C(=O)O[C@H](C)CC(=O)N[C@H]1CCCCN(O)C1=O.